The summed E-state index contributed by atoms with van der Waals surface area (Å²) in [7, 11) is 1.52. The molecule has 0 radical (unpaired) electrons. The molecule has 7 heteroatoms. The van der Waals surface area contributed by atoms with E-state index >= 15 is 0 Å². The molecule has 0 aliphatic heterocycles. The molecule has 0 bridgehead atoms. The van der Waals surface area contributed by atoms with Gasteiger partial charge in [-0.2, -0.15) is 0 Å². The van der Waals surface area contributed by atoms with Crippen molar-refractivity contribution in [1.82, 2.24) is 10.6 Å². The molecule has 0 aromatic heterocycles. The Morgan fingerprint density at radius 2 is 1.92 bits per heavy atom. The second kappa shape index (κ2) is 9.77. The summed E-state index contributed by atoms with van der Waals surface area (Å²) < 4.78 is 10.7. The minimum Gasteiger partial charge on any atom is -0.493 e. The number of likely N-dealkylation sites (N-methyl/N-ethyl adjacent to an activating group) is 1. The molecule has 1 rings (SSSR count). The highest BCUT2D eigenvalue weighted by Crippen LogP contribution is 2.28. The number of amides is 2. The SMILES string of the molecule is CCNC(=O)COc1ccc(CNC(=O)[C@@H](N)C(C)C)cc1OC. The lowest BCUT2D eigenvalue weighted by atomic mass is 10.0. The second-order valence-corrected chi connectivity index (χ2v) is 5.71. The number of nitrogens with one attached hydrogen (secondary N) is 2. The summed E-state index contributed by atoms with van der Waals surface area (Å²) >= 11 is 0. The highest BCUT2D eigenvalue weighted by atomic mass is 16.5. The maximum atomic E-state index is 11.9. The van der Waals surface area contributed by atoms with E-state index < -0.39 is 6.04 Å². The molecule has 0 aliphatic carbocycles. The van der Waals surface area contributed by atoms with E-state index in [1.807, 2.05) is 20.8 Å². The van der Waals surface area contributed by atoms with Crippen LogP contribution in [0.5, 0.6) is 11.5 Å². The smallest absolute Gasteiger partial charge is 0.257 e. The Morgan fingerprint density at radius 3 is 2.50 bits per heavy atom. The topological polar surface area (TPSA) is 103 Å². The molecule has 1 aromatic carbocycles. The van der Waals surface area contributed by atoms with Crippen LogP contribution >= 0.6 is 0 Å². The largest absolute Gasteiger partial charge is 0.493 e. The van der Waals surface area contributed by atoms with Gasteiger partial charge >= 0.3 is 0 Å². The first-order valence-corrected chi connectivity index (χ1v) is 7.98. The van der Waals surface area contributed by atoms with Crippen molar-refractivity contribution in [3.05, 3.63) is 23.8 Å². The number of hydrogen-bond donors (Lipinski definition) is 3. The van der Waals surface area contributed by atoms with Crippen molar-refractivity contribution < 1.29 is 19.1 Å². The van der Waals surface area contributed by atoms with Crippen LogP contribution in [0, 0.1) is 5.92 Å². The van der Waals surface area contributed by atoms with Gasteiger partial charge in [-0.15, -0.1) is 0 Å². The molecule has 2 amide bonds. The summed E-state index contributed by atoms with van der Waals surface area (Å²) in [5.41, 5.74) is 6.65. The van der Waals surface area contributed by atoms with Gasteiger partial charge in [-0.1, -0.05) is 19.9 Å². The molecule has 0 saturated heterocycles. The number of ether oxygens (including phenoxy) is 2. The van der Waals surface area contributed by atoms with Crippen molar-refractivity contribution in [3.8, 4) is 11.5 Å². The van der Waals surface area contributed by atoms with Crippen LogP contribution in [0.15, 0.2) is 18.2 Å². The average molecular weight is 337 g/mol. The van der Waals surface area contributed by atoms with Crippen molar-refractivity contribution in [3.63, 3.8) is 0 Å². The Bertz CT molecular complexity index is 561. The Labute approximate surface area is 142 Å². The molecule has 0 saturated carbocycles. The van der Waals surface area contributed by atoms with E-state index in [0.717, 1.165) is 5.56 Å². The van der Waals surface area contributed by atoms with Crippen LogP contribution < -0.4 is 25.8 Å². The molecule has 1 atom stereocenters. The Balaban J connectivity index is 2.66. The normalized spacial score (nSPS) is 11.8. The number of carbonyl (C=O) groups is 2. The molecule has 7 nitrogen and oxygen atoms in total. The van der Waals surface area contributed by atoms with Gasteiger partial charge < -0.3 is 25.8 Å². The molecule has 4 N–H and O–H groups in total. The van der Waals surface area contributed by atoms with E-state index in [9.17, 15) is 9.59 Å². The first-order valence-electron chi connectivity index (χ1n) is 7.98. The fraction of sp³-hybridized carbons (Fsp3) is 0.529. The Kier molecular flexibility index (Phi) is 8.05. The lowest BCUT2D eigenvalue weighted by Crippen LogP contribution is -2.43. The zero-order valence-electron chi connectivity index (χ0n) is 14.7. The van der Waals surface area contributed by atoms with Gasteiger partial charge in [-0.3, -0.25) is 9.59 Å². The summed E-state index contributed by atoms with van der Waals surface area (Å²) in [4.78, 5) is 23.3. The predicted octanol–water partition coefficient (Wildman–Crippen LogP) is 0.810. The van der Waals surface area contributed by atoms with Gasteiger partial charge in [0, 0.05) is 13.1 Å². The van der Waals surface area contributed by atoms with E-state index in [0.29, 0.717) is 24.6 Å². The summed E-state index contributed by atoms with van der Waals surface area (Å²) in [6.45, 7) is 6.45. The number of nitrogens with two attached hydrogens (primary N) is 1. The Morgan fingerprint density at radius 1 is 1.21 bits per heavy atom. The first kappa shape index (κ1) is 19.8. The van der Waals surface area contributed by atoms with Gasteiger partial charge in [0.2, 0.25) is 5.91 Å². The lowest BCUT2D eigenvalue weighted by molar-refractivity contribution is -0.124. The molecule has 24 heavy (non-hydrogen) atoms. The van der Waals surface area contributed by atoms with E-state index in [-0.39, 0.29) is 24.3 Å². The summed E-state index contributed by atoms with van der Waals surface area (Å²) in [6.07, 6.45) is 0. The van der Waals surface area contributed by atoms with Crippen LogP contribution in [0.4, 0.5) is 0 Å². The fourth-order valence-electron chi connectivity index (χ4n) is 1.94. The van der Waals surface area contributed by atoms with E-state index in [1.54, 1.807) is 18.2 Å². The zero-order valence-corrected chi connectivity index (χ0v) is 14.7. The molecular formula is C17H27N3O4. The van der Waals surface area contributed by atoms with Crippen LogP contribution in [0.3, 0.4) is 0 Å². The van der Waals surface area contributed by atoms with Gasteiger partial charge in [0.1, 0.15) is 0 Å². The van der Waals surface area contributed by atoms with Gasteiger partial charge in [0.25, 0.3) is 5.91 Å². The van der Waals surface area contributed by atoms with Gasteiger partial charge in [-0.05, 0) is 30.5 Å². The maximum absolute atomic E-state index is 11.9. The molecule has 0 unspecified atom stereocenters. The van der Waals surface area contributed by atoms with Crippen molar-refractivity contribution in [1.29, 1.82) is 0 Å². The van der Waals surface area contributed by atoms with Crippen molar-refractivity contribution in [2.24, 2.45) is 11.7 Å². The molecule has 0 fully saturated rings. The average Bonchev–Trinajstić information content (AvgIpc) is 2.57. The number of rotatable bonds is 9. The van der Waals surface area contributed by atoms with Crippen LogP contribution in [0.1, 0.15) is 26.3 Å². The standard InChI is InChI=1S/C17H27N3O4/c1-5-19-15(21)10-24-13-7-6-12(8-14(13)23-4)9-20-17(22)16(18)11(2)3/h6-8,11,16H,5,9-10,18H2,1-4H3,(H,19,21)(H,20,22)/t16-/m0/s1. The number of benzene rings is 1. The number of methoxy groups -OCH3 is 1. The first-order chi connectivity index (χ1) is 11.4. The molecule has 0 aliphatic rings. The molecule has 1 aromatic rings. The second-order valence-electron chi connectivity index (χ2n) is 5.71. The highest BCUT2D eigenvalue weighted by Gasteiger charge is 2.17. The summed E-state index contributed by atoms with van der Waals surface area (Å²) in [5.74, 6) is 0.653. The van der Waals surface area contributed by atoms with E-state index in [2.05, 4.69) is 10.6 Å². The van der Waals surface area contributed by atoms with Gasteiger partial charge in [0.15, 0.2) is 18.1 Å². The van der Waals surface area contributed by atoms with Gasteiger partial charge in [-0.25, -0.2) is 0 Å². The third-order valence-corrected chi connectivity index (χ3v) is 3.45. The van der Waals surface area contributed by atoms with Gasteiger partial charge in [0.05, 0.1) is 13.2 Å². The maximum Gasteiger partial charge on any atom is 0.257 e. The zero-order chi connectivity index (χ0) is 18.1. The molecule has 0 spiro atoms. The van der Waals surface area contributed by atoms with Crippen molar-refractivity contribution >= 4 is 11.8 Å². The fourth-order valence-corrected chi connectivity index (χ4v) is 1.94. The van der Waals surface area contributed by atoms with E-state index in [1.165, 1.54) is 7.11 Å². The van der Waals surface area contributed by atoms with E-state index in [4.69, 9.17) is 15.2 Å². The minimum atomic E-state index is -0.536. The highest BCUT2D eigenvalue weighted by molar-refractivity contribution is 5.81. The quantitative estimate of drug-likeness (QED) is 0.619. The summed E-state index contributed by atoms with van der Waals surface area (Å²) in [5, 5.41) is 5.45. The monoisotopic (exact) mass is 337 g/mol. The van der Waals surface area contributed by atoms with Crippen molar-refractivity contribution in [2.75, 3.05) is 20.3 Å². The van der Waals surface area contributed by atoms with Crippen LogP contribution in [-0.2, 0) is 16.1 Å². The van der Waals surface area contributed by atoms with Crippen molar-refractivity contribution in [2.45, 2.75) is 33.4 Å². The molecule has 134 valence electrons. The molecule has 0 heterocycles. The number of hydrogen-bond acceptors (Lipinski definition) is 5. The van der Waals surface area contributed by atoms with Crippen LogP contribution in [-0.4, -0.2) is 38.1 Å². The number of carbonyl (C=O) groups excluding carboxylic acids is 2. The summed E-state index contributed by atoms with van der Waals surface area (Å²) in [6, 6.07) is 4.74. The third kappa shape index (κ3) is 6.08. The minimum absolute atomic E-state index is 0.0737. The molecular weight excluding hydrogens is 310 g/mol. The Hall–Kier alpha value is -2.28. The predicted molar refractivity (Wildman–Crippen MR) is 91.8 cm³/mol. The van der Waals surface area contributed by atoms with Crippen LogP contribution in [0.2, 0.25) is 0 Å². The third-order valence-electron chi connectivity index (χ3n) is 3.45. The lowest BCUT2D eigenvalue weighted by Gasteiger charge is -2.16. The van der Waals surface area contributed by atoms with Crippen LogP contribution in [0.25, 0.3) is 0 Å².